The number of carbonyl (C=O) groups excluding carboxylic acids is 1. The number of nitrogens with one attached hydrogen (secondary N) is 1. The van der Waals surface area contributed by atoms with Gasteiger partial charge in [0, 0.05) is 35.6 Å². The lowest BCUT2D eigenvalue weighted by molar-refractivity contribution is -0.137. The van der Waals surface area contributed by atoms with Crippen molar-refractivity contribution in [3.63, 3.8) is 0 Å². The molecule has 1 atom stereocenters. The van der Waals surface area contributed by atoms with E-state index in [1.54, 1.807) is 6.07 Å². The molecule has 0 saturated heterocycles. The van der Waals surface area contributed by atoms with E-state index in [9.17, 15) is 18.0 Å². The lowest BCUT2D eigenvalue weighted by Crippen LogP contribution is -2.22. The van der Waals surface area contributed by atoms with Crippen molar-refractivity contribution in [3.05, 3.63) is 95.4 Å². The number of nitrogens with zero attached hydrogens (tertiary/aromatic N) is 3. The Hall–Kier alpha value is -3.81. The molecule has 1 N–H and O–H groups in total. The third-order valence-corrected chi connectivity index (χ3v) is 5.95. The lowest BCUT2D eigenvalue weighted by atomic mass is 10.0. The van der Waals surface area contributed by atoms with Gasteiger partial charge in [-0.15, -0.1) is 0 Å². The number of hydrogen-bond acceptors (Lipinski definition) is 3. The second kappa shape index (κ2) is 7.95. The molecule has 0 aliphatic carbocycles. The average Bonchev–Trinajstić information content (AvgIpc) is 3.34. The van der Waals surface area contributed by atoms with Crippen molar-refractivity contribution >= 4 is 22.9 Å². The Bertz CT molecular complexity index is 1340. The van der Waals surface area contributed by atoms with E-state index >= 15 is 0 Å². The van der Waals surface area contributed by atoms with Crippen LogP contribution in [-0.2, 0) is 12.7 Å². The van der Waals surface area contributed by atoms with Gasteiger partial charge in [0.1, 0.15) is 5.65 Å². The van der Waals surface area contributed by atoms with Crippen LogP contribution in [0, 0.1) is 0 Å². The Labute approximate surface area is 188 Å². The van der Waals surface area contributed by atoms with Crippen LogP contribution in [0.1, 0.15) is 40.0 Å². The highest BCUT2D eigenvalue weighted by Crippen LogP contribution is 2.38. The van der Waals surface area contributed by atoms with E-state index in [0.717, 1.165) is 41.3 Å². The number of pyridine rings is 1. The Morgan fingerprint density at radius 3 is 2.79 bits per heavy atom. The molecule has 168 valence electrons. The number of anilines is 2. The number of fused-ring (bicyclic) bond motifs is 2. The van der Waals surface area contributed by atoms with Gasteiger partial charge in [0.05, 0.1) is 24.0 Å². The molecule has 0 bridgehead atoms. The molecule has 4 aromatic rings. The van der Waals surface area contributed by atoms with Crippen molar-refractivity contribution < 1.29 is 18.0 Å². The fourth-order valence-electron chi connectivity index (χ4n) is 4.33. The summed E-state index contributed by atoms with van der Waals surface area (Å²) in [5.41, 5.74) is 3.68. The fraction of sp³-hybridized carbons (Fsp3) is 0.200. The Morgan fingerprint density at radius 2 is 1.97 bits per heavy atom. The van der Waals surface area contributed by atoms with Gasteiger partial charge in [0.15, 0.2) is 0 Å². The van der Waals surface area contributed by atoms with Gasteiger partial charge in [-0.1, -0.05) is 25.1 Å². The SMILES string of the molecule is CC1CN(Cc2cnc3ccccn23)c2cc(C(=O)Nc3cccc(C(F)(F)F)c3)ccc21. The monoisotopic (exact) mass is 450 g/mol. The molecule has 1 aliphatic heterocycles. The Balaban J connectivity index is 1.40. The summed E-state index contributed by atoms with van der Waals surface area (Å²) < 4.78 is 41.0. The molecule has 5 rings (SSSR count). The van der Waals surface area contributed by atoms with Crippen molar-refractivity contribution in [1.82, 2.24) is 9.38 Å². The summed E-state index contributed by atoms with van der Waals surface area (Å²) in [6, 6.07) is 15.9. The summed E-state index contributed by atoms with van der Waals surface area (Å²) in [5, 5.41) is 2.59. The topological polar surface area (TPSA) is 49.6 Å². The second-order valence-corrected chi connectivity index (χ2v) is 8.27. The third-order valence-electron chi connectivity index (χ3n) is 5.95. The highest BCUT2D eigenvalue weighted by Gasteiger charge is 2.31. The molecular weight excluding hydrogens is 429 g/mol. The number of rotatable bonds is 4. The minimum atomic E-state index is -4.47. The van der Waals surface area contributed by atoms with E-state index in [4.69, 9.17) is 0 Å². The number of halogens is 3. The van der Waals surface area contributed by atoms with Crippen LogP contribution >= 0.6 is 0 Å². The first-order valence-corrected chi connectivity index (χ1v) is 10.6. The third kappa shape index (κ3) is 4.04. The molecular formula is C25H21F3N4O. The van der Waals surface area contributed by atoms with Gasteiger partial charge in [-0.05, 0) is 48.0 Å². The Morgan fingerprint density at radius 1 is 1.12 bits per heavy atom. The standard InChI is InChI=1S/C25H21F3N4O/c1-16-14-31(15-20-13-29-23-7-2-3-10-32(20)23)22-11-17(8-9-21(16)22)24(33)30-19-6-4-5-18(12-19)25(26,27)28/h2-13,16H,14-15H2,1H3,(H,30,33). The number of amides is 1. The zero-order valence-corrected chi connectivity index (χ0v) is 17.8. The molecule has 5 nitrogen and oxygen atoms in total. The van der Waals surface area contributed by atoms with Gasteiger partial charge in [-0.2, -0.15) is 13.2 Å². The summed E-state index contributed by atoms with van der Waals surface area (Å²) in [5.74, 6) is -0.161. The van der Waals surface area contributed by atoms with Gasteiger partial charge < -0.3 is 14.6 Å². The zero-order valence-electron chi connectivity index (χ0n) is 17.8. The molecule has 0 radical (unpaired) electrons. The summed E-state index contributed by atoms with van der Waals surface area (Å²) in [4.78, 5) is 19.5. The van der Waals surface area contributed by atoms with Crippen LogP contribution in [0.2, 0.25) is 0 Å². The maximum Gasteiger partial charge on any atom is 0.416 e. The number of carbonyl (C=O) groups is 1. The van der Waals surface area contributed by atoms with Crippen LogP contribution < -0.4 is 10.2 Å². The van der Waals surface area contributed by atoms with Crippen molar-refractivity contribution in [3.8, 4) is 0 Å². The maximum atomic E-state index is 13.0. The van der Waals surface area contributed by atoms with Gasteiger partial charge in [0.25, 0.3) is 5.91 Å². The quantitative estimate of drug-likeness (QED) is 0.432. The van der Waals surface area contributed by atoms with Gasteiger partial charge in [-0.25, -0.2) is 4.98 Å². The fourth-order valence-corrected chi connectivity index (χ4v) is 4.33. The van der Waals surface area contributed by atoms with Gasteiger partial charge in [-0.3, -0.25) is 4.79 Å². The molecule has 8 heteroatoms. The van der Waals surface area contributed by atoms with Gasteiger partial charge in [0.2, 0.25) is 0 Å². The van der Waals surface area contributed by atoms with Crippen LogP contribution in [0.4, 0.5) is 24.5 Å². The summed E-state index contributed by atoms with van der Waals surface area (Å²) in [6.45, 7) is 3.56. The lowest BCUT2D eigenvalue weighted by Gasteiger charge is -2.20. The average molecular weight is 450 g/mol. The van der Waals surface area contributed by atoms with Crippen LogP contribution in [-0.4, -0.2) is 21.8 Å². The normalized spacial score (nSPS) is 15.6. The predicted octanol–water partition coefficient (Wildman–Crippen LogP) is 5.73. The molecule has 0 fully saturated rings. The largest absolute Gasteiger partial charge is 0.416 e. The highest BCUT2D eigenvalue weighted by molar-refractivity contribution is 6.05. The number of alkyl halides is 3. The first-order valence-electron chi connectivity index (χ1n) is 10.6. The molecule has 1 aliphatic rings. The van der Waals surface area contributed by atoms with E-state index in [1.165, 1.54) is 12.1 Å². The first kappa shape index (κ1) is 21.1. The molecule has 33 heavy (non-hydrogen) atoms. The second-order valence-electron chi connectivity index (χ2n) is 8.27. The number of hydrogen-bond donors (Lipinski definition) is 1. The number of benzene rings is 2. The minimum Gasteiger partial charge on any atom is -0.365 e. The molecule has 3 heterocycles. The van der Waals surface area contributed by atoms with Crippen LogP contribution in [0.3, 0.4) is 0 Å². The number of imidazole rings is 1. The molecule has 2 aromatic heterocycles. The summed E-state index contributed by atoms with van der Waals surface area (Å²) in [7, 11) is 0. The van der Waals surface area contributed by atoms with Crippen LogP contribution in [0.5, 0.6) is 0 Å². The number of aromatic nitrogens is 2. The Kier molecular flexibility index (Phi) is 5.08. The van der Waals surface area contributed by atoms with Crippen molar-refractivity contribution in [1.29, 1.82) is 0 Å². The van der Waals surface area contributed by atoms with Crippen LogP contribution in [0.15, 0.2) is 73.1 Å². The van der Waals surface area contributed by atoms with E-state index in [2.05, 4.69) is 22.1 Å². The van der Waals surface area contributed by atoms with E-state index in [-0.39, 0.29) is 5.69 Å². The van der Waals surface area contributed by atoms with E-state index in [0.29, 0.717) is 18.0 Å². The van der Waals surface area contributed by atoms with Crippen molar-refractivity contribution in [2.24, 2.45) is 0 Å². The first-order chi connectivity index (χ1) is 15.8. The molecule has 0 spiro atoms. The van der Waals surface area contributed by atoms with E-state index < -0.39 is 17.6 Å². The molecule has 1 unspecified atom stereocenters. The minimum absolute atomic E-state index is 0.103. The highest BCUT2D eigenvalue weighted by atomic mass is 19.4. The predicted molar refractivity (Wildman–Crippen MR) is 120 cm³/mol. The smallest absolute Gasteiger partial charge is 0.365 e. The zero-order chi connectivity index (χ0) is 23.2. The van der Waals surface area contributed by atoms with Gasteiger partial charge >= 0.3 is 6.18 Å². The van der Waals surface area contributed by atoms with Crippen LogP contribution in [0.25, 0.3) is 5.65 Å². The molecule has 2 aromatic carbocycles. The molecule has 1 amide bonds. The van der Waals surface area contributed by atoms with E-state index in [1.807, 2.05) is 47.1 Å². The summed E-state index contributed by atoms with van der Waals surface area (Å²) >= 11 is 0. The van der Waals surface area contributed by atoms with Crippen molar-refractivity contribution in [2.45, 2.75) is 25.6 Å². The van der Waals surface area contributed by atoms with Crippen molar-refractivity contribution in [2.75, 3.05) is 16.8 Å². The maximum absolute atomic E-state index is 13.0. The molecule has 0 saturated carbocycles. The summed E-state index contributed by atoms with van der Waals surface area (Å²) in [6.07, 6.45) is -0.651.